The maximum Gasteiger partial charge on any atom is 0.246 e. The fourth-order valence-electron chi connectivity index (χ4n) is 4.05. The van der Waals surface area contributed by atoms with Gasteiger partial charge >= 0.3 is 0 Å². The number of hydrogen-bond acceptors (Lipinski definition) is 6. The molecule has 7 nitrogen and oxygen atoms in total. The largest absolute Gasteiger partial charge is 0.491 e. The highest BCUT2D eigenvalue weighted by atomic mass is 16.5. The summed E-state index contributed by atoms with van der Waals surface area (Å²) in [5.41, 5.74) is 2.73. The first-order valence-corrected chi connectivity index (χ1v) is 11.9. The summed E-state index contributed by atoms with van der Waals surface area (Å²) < 4.78 is 11.7. The van der Waals surface area contributed by atoms with Gasteiger partial charge in [-0.25, -0.2) is 0 Å². The van der Waals surface area contributed by atoms with Crippen LogP contribution in [-0.2, 0) is 4.79 Å². The van der Waals surface area contributed by atoms with Gasteiger partial charge in [0.05, 0.1) is 23.7 Å². The molecule has 4 rings (SSSR count). The molecule has 2 N–H and O–H groups in total. The summed E-state index contributed by atoms with van der Waals surface area (Å²) in [6, 6.07) is 17.5. The van der Waals surface area contributed by atoms with Crippen molar-refractivity contribution in [2.24, 2.45) is 0 Å². The van der Waals surface area contributed by atoms with Crippen LogP contribution in [0.15, 0.2) is 79.6 Å². The predicted molar refractivity (Wildman–Crippen MR) is 140 cm³/mol. The number of aromatic nitrogens is 1. The van der Waals surface area contributed by atoms with Crippen LogP contribution in [-0.4, -0.2) is 41.0 Å². The smallest absolute Gasteiger partial charge is 0.246 e. The monoisotopic (exact) mass is 472 g/mol. The van der Waals surface area contributed by atoms with Gasteiger partial charge in [0.25, 0.3) is 0 Å². The fourth-order valence-corrected chi connectivity index (χ4v) is 4.05. The highest BCUT2D eigenvalue weighted by Gasteiger charge is 2.22. The van der Waals surface area contributed by atoms with E-state index in [1.165, 1.54) is 6.08 Å². The molecule has 0 aliphatic carbocycles. The number of carbonyl (C=O) groups excluding carboxylic acids is 1. The molecular weight excluding hydrogens is 440 g/mol. The molecule has 182 valence electrons. The van der Waals surface area contributed by atoms with Crippen LogP contribution >= 0.6 is 0 Å². The van der Waals surface area contributed by atoms with E-state index in [1.54, 1.807) is 12.4 Å². The zero-order chi connectivity index (χ0) is 24.6. The number of nitrogens with one attached hydrogen (secondary N) is 2. The van der Waals surface area contributed by atoms with Crippen molar-refractivity contribution in [1.29, 1.82) is 0 Å². The lowest BCUT2D eigenvalue weighted by Gasteiger charge is -2.33. The minimum atomic E-state index is -0.0222. The van der Waals surface area contributed by atoms with E-state index in [9.17, 15) is 4.79 Å². The molecule has 0 bridgehead atoms. The first kappa shape index (κ1) is 24.1. The molecule has 1 saturated heterocycles. The van der Waals surface area contributed by atoms with Gasteiger partial charge in [0.2, 0.25) is 5.91 Å². The van der Waals surface area contributed by atoms with Crippen molar-refractivity contribution in [1.82, 2.24) is 9.88 Å². The standard InChI is InChI=1S/C28H32N4O3/c1-4-28(33)32-16-6-7-22(19-32)31-26-14-15-29-18-27(26)30-21-10-12-23(13-11-21)35-25-9-5-8-24(17-25)34-20(2)3/h4-5,8-15,17-18,20,22,30H,1,6-7,16,19H2,2-3H3,(H,29,31). The highest BCUT2D eigenvalue weighted by Crippen LogP contribution is 2.30. The van der Waals surface area contributed by atoms with Gasteiger partial charge in [-0.3, -0.25) is 9.78 Å². The first-order chi connectivity index (χ1) is 17.0. The topological polar surface area (TPSA) is 75.7 Å². The molecule has 1 aromatic heterocycles. The summed E-state index contributed by atoms with van der Waals surface area (Å²) in [4.78, 5) is 18.1. The number of amides is 1. The second kappa shape index (κ2) is 11.4. The zero-order valence-corrected chi connectivity index (χ0v) is 20.2. The zero-order valence-electron chi connectivity index (χ0n) is 20.2. The van der Waals surface area contributed by atoms with Crippen LogP contribution in [0.3, 0.4) is 0 Å². The van der Waals surface area contributed by atoms with Gasteiger partial charge in [-0.1, -0.05) is 12.6 Å². The Hall–Kier alpha value is -4.00. The molecule has 1 unspecified atom stereocenters. The molecule has 1 fully saturated rings. The molecule has 3 aromatic rings. The average Bonchev–Trinajstić information content (AvgIpc) is 2.86. The Labute approximate surface area is 206 Å². The number of pyridine rings is 1. The van der Waals surface area contributed by atoms with Crippen LogP contribution in [0, 0.1) is 0 Å². The van der Waals surface area contributed by atoms with Crippen LogP contribution in [0.25, 0.3) is 0 Å². The van der Waals surface area contributed by atoms with E-state index < -0.39 is 0 Å². The normalized spacial score (nSPS) is 15.4. The molecule has 1 aliphatic heterocycles. The summed E-state index contributed by atoms with van der Waals surface area (Å²) in [5, 5.41) is 7.01. The minimum absolute atomic E-state index is 0.0222. The van der Waals surface area contributed by atoms with E-state index in [1.807, 2.05) is 73.3 Å². The van der Waals surface area contributed by atoms with Crippen LogP contribution in [0.1, 0.15) is 26.7 Å². The van der Waals surface area contributed by atoms with Gasteiger partial charge in [-0.2, -0.15) is 0 Å². The van der Waals surface area contributed by atoms with E-state index in [0.29, 0.717) is 6.54 Å². The van der Waals surface area contributed by atoms with E-state index in [0.717, 1.165) is 53.7 Å². The molecule has 1 aliphatic rings. The molecular formula is C28H32N4O3. The number of benzene rings is 2. The van der Waals surface area contributed by atoms with Crippen molar-refractivity contribution in [3.8, 4) is 17.2 Å². The molecule has 7 heteroatoms. The van der Waals surface area contributed by atoms with Crippen molar-refractivity contribution in [2.75, 3.05) is 23.7 Å². The number of carbonyl (C=O) groups is 1. The van der Waals surface area contributed by atoms with Gasteiger partial charge in [-0.05, 0) is 75.2 Å². The average molecular weight is 473 g/mol. The summed E-state index contributed by atoms with van der Waals surface area (Å²) in [6.45, 7) is 9.02. The third-order valence-electron chi connectivity index (χ3n) is 5.63. The Morgan fingerprint density at radius 2 is 1.91 bits per heavy atom. The van der Waals surface area contributed by atoms with Crippen molar-refractivity contribution < 1.29 is 14.3 Å². The molecule has 0 spiro atoms. The van der Waals surface area contributed by atoms with Gasteiger partial charge in [0.1, 0.15) is 17.2 Å². The third-order valence-corrected chi connectivity index (χ3v) is 5.63. The van der Waals surface area contributed by atoms with Crippen molar-refractivity contribution >= 4 is 23.0 Å². The predicted octanol–water partition coefficient (Wildman–Crippen LogP) is 5.99. The number of piperidine rings is 1. The number of likely N-dealkylation sites (tertiary alicyclic amines) is 1. The van der Waals surface area contributed by atoms with Crippen molar-refractivity contribution in [3.63, 3.8) is 0 Å². The van der Waals surface area contributed by atoms with Gasteiger partial charge in [0, 0.05) is 37.1 Å². The van der Waals surface area contributed by atoms with Crippen molar-refractivity contribution in [2.45, 2.75) is 38.8 Å². The molecule has 0 radical (unpaired) electrons. The van der Waals surface area contributed by atoms with E-state index in [2.05, 4.69) is 22.2 Å². The lowest BCUT2D eigenvalue weighted by atomic mass is 10.1. The van der Waals surface area contributed by atoms with E-state index >= 15 is 0 Å². The highest BCUT2D eigenvalue weighted by molar-refractivity contribution is 5.87. The lowest BCUT2D eigenvalue weighted by molar-refractivity contribution is -0.127. The first-order valence-electron chi connectivity index (χ1n) is 11.9. The lowest BCUT2D eigenvalue weighted by Crippen LogP contribution is -2.44. The SMILES string of the molecule is C=CC(=O)N1CCCC(Nc2ccncc2Nc2ccc(Oc3cccc(OC(C)C)c3)cc2)C1. The van der Waals surface area contributed by atoms with E-state index in [4.69, 9.17) is 9.47 Å². The van der Waals surface area contributed by atoms with Gasteiger partial charge in [0.15, 0.2) is 0 Å². The quantitative estimate of drug-likeness (QED) is 0.372. The van der Waals surface area contributed by atoms with Gasteiger partial charge in [-0.15, -0.1) is 0 Å². The second-order valence-corrected chi connectivity index (χ2v) is 8.79. The Bertz CT molecular complexity index is 1150. The van der Waals surface area contributed by atoms with E-state index in [-0.39, 0.29) is 18.1 Å². The fraction of sp³-hybridized carbons (Fsp3) is 0.286. The van der Waals surface area contributed by atoms with Crippen LogP contribution in [0.5, 0.6) is 17.2 Å². The summed E-state index contributed by atoms with van der Waals surface area (Å²) in [6.07, 6.45) is 7.00. The number of ether oxygens (including phenoxy) is 2. The number of hydrogen-bond donors (Lipinski definition) is 2. The van der Waals surface area contributed by atoms with Gasteiger partial charge < -0.3 is 25.0 Å². The number of nitrogens with zero attached hydrogens (tertiary/aromatic N) is 2. The van der Waals surface area contributed by atoms with Crippen LogP contribution in [0.4, 0.5) is 17.1 Å². The van der Waals surface area contributed by atoms with Crippen molar-refractivity contribution in [3.05, 3.63) is 79.6 Å². The number of rotatable bonds is 9. The molecule has 1 atom stereocenters. The van der Waals surface area contributed by atoms with Crippen LogP contribution < -0.4 is 20.1 Å². The Morgan fingerprint density at radius 3 is 2.69 bits per heavy atom. The Morgan fingerprint density at radius 1 is 1.11 bits per heavy atom. The number of anilines is 3. The molecule has 0 saturated carbocycles. The maximum absolute atomic E-state index is 12.0. The molecule has 2 heterocycles. The molecule has 1 amide bonds. The third kappa shape index (κ3) is 6.76. The Kier molecular flexibility index (Phi) is 7.88. The maximum atomic E-state index is 12.0. The summed E-state index contributed by atoms with van der Waals surface area (Å²) >= 11 is 0. The summed E-state index contributed by atoms with van der Waals surface area (Å²) in [7, 11) is 0. The second-order valence-electron chi connectivity index (χ2n) is 8.79. The van der Waals surface area contributed by atoms with Crippen LogP contribution in [0.2, 0.25) is 0 Å². The molecule has 35 heavy (non-hydrogen) atoms. The summed E-state index contributed by atoms with van der Waals surface area (Å²) in [5.74, 6) is 2.21. The Balaban J connectivity index is 1.39. The molecule has 2 aromatic carbocycles. The minimum Gasteiger partial charge on any atom is -0.491 e.